The maximum absolute atomic E-state index is 11.4. The Morgan fingerprint density at radius 3 is 3.16 bits per heavy atom. The van der Waals surface area contributed by atoms with Gasteiger partial charge in [0.15, 0.2) is 6.61 Å². The monoisotopic (exact) mass is 258 g/mol. The number of carbonyl (C=O) groups excluding carboxylic acids is 1. The van der Waals surface area contributed by atoms with Gasteiger partial charge in [0.05, 0.1) is 12.1 Å². The lowest BCUT2D eigenvalue weighted by atomic mass is 10.1. The Balaban J connectivity index is 1.62. The molecule has 0 bridgehead atoms. The molecule has 0 N–H and O–H groups in total. The van der Waals surface area contributed by atoms with Crippen LogP contribution in [0.4, 0.5) is 0 Å². The minimum Gasteiger partial charge on any atom is -0.492 e. The molecule has 3 rings (SSSR count). The van der Waals surface area contributed by atoms with Crippen LogP contribution in [-0.2, 0) is 6.54 Å². The molecular formula is C14H14N2O3. The smallest absolute Gasteiger partial charge is 0.203 e. The van der Waals surface area contributed by atoms with E-state index in [-0.39, 0.29) is 12.4 Å². The molecule has 0 saturated carbocycles. The van der Waals surface area contributed by atoms with Crippen molar-refractivity contribution in [2.45, 2.75) is 13.5 Å². The highest BCUT2D eigenvalue weighted by atomic mass is 16.5. The minimum absolute atomic E-state index is 0.0237. The third kappa shape index (κ3) is 2.31. The summed E-state index contributed by atoms with van der Waals surface area (Å²) in [4.78, 5) is 15.6. The van der Waals surface area contributed by atoms with E-state index in [2.05, 4.69) is 4.98 Å². The number of aryl methyl sites for hydroxylation is 1. The fourth-order valence-electron chi connectivity index (χ4n) is 2.07. The van der Waals surface area contributed by atoms with Crippen LogP contribution in [-0.4, -0.2) is 28.5 Å². The van der Waals surface area contributed by atoms with Crippen molar-refractivity contribution >= 4 is 5.78 Å². The zero-order valence-electron chi connectivity index (χ0n) is 10.6. The molecule has 1 aromatic carbocycles. The SMILES string of the molecule is Cc1nccn1CCOc1ccc2c(c1)OCC2=O. The number of carbonyl (C=O) groups is 1. The van der Waals surface area contributed by atoms with Gasteiger partial charge in [0.25, 0.3) is 0 Å². The van der Waals surface area contributed by atoms with Crippen molar-refractivity contribution < 1.29 is 14.3 Å². The van der Waals surface area contributed by atoms with E-state index in [1.165, 1.54) is 0 Å². The number of Topliss-reactive ketones (excluding diaryl/α,β-unsaturated/α-hetero) is 1. The molecule has 1 aliphatic rings. The van der Waals surface area contributed by atoms with Gasteiger partial charge >= 0.3 is 0 Å². The van der Waals surface area contributed by atoms with Gasteiger partial charge in [-0.05, 0) is 19.1 Å². The molecule has 5 heteroatoms. The number of benzene rings is 1. The number of aromatic nitrogens is 2. The lowest BCUT2D eigenvalue weighted by Crippen LogP contribution is -2.08. The predicted octanol–water partition coefficient (Wildman–Crippen LogP) is 1.85. The van der Waals surface area contributed by atoms with Crippen LogP contribution in [0.25, 0.3) is 0 Å². The Labute approximate surface area is 110 Å². The standard InChI is InChI=1S/C14H14N2O3/c1-10-15-4-5-16(10)6-7-18-11-2-3-12-13(17)9-19-14(12)8-11/h2-5,8H,6-7,9H2,1H3. The van der Waals surface area contributed by atoms with Crippen LogP contribution in [0, 0.1) is 6.92 Å². The lowest BCUT2D eigenvalue weighted by molar-refractivity contribution is 0.0961. The fraction of sp³-hybridized carbons (Fsp3) is 0.286. The number of nitrogens with zero attached hydrogens (tertiary/aromatic N) is 2. The van der Waals surface area contributed by atoms with Gasteiger partial charge in [-0.1, -0.05) is 0 Å². The Morgan fingerprint density at radius 1 is 1.47 bits per heavy atom. The van der Waals surface area contributed by atoms with E-state index in [9.17, 15) is 4.79 Å². The van der Waals surface area contributed by atoms with Gasteiger partial charge in [-0.3, -0.25) is 4.79 Å². The number of ether oxygens (including phenoxy) is 2. The van der Waals surface area contributed by atoms with E-state index in [0.717, 1.165) is 12.4 Å². The largest absolute Gasteiger partial charge is 0.492 e. The zero-order valence-corrected chi connectivity index (χ0v) is 10.6. The first-order chi connectivity index (χ1) is 9.24. The Kier molecular flexibility index (Phi) is 2.95. The molecule has 2 aromatic rings. The molecule has 0 amide bonds. The average Bonchev–Trinajstić information content (AvgIpc) is 2.97. The van der Waals surface area contributed by atoms with E-state index in [1.807, 2.05) is 17.7 Å². The molecule has 0 unspecified atom stereocenters. The van der Waals surface area contributed by atoms with Crippen molar-refractivity contribution in [1.82, 2.24) is 9.55 Å². The molecule has 98 valence electrons. The third-order valence-corrected chi connectivity index (χ3v) is 3.14. The van der Waals surface area contributed by atoms with Crippen molar-refractivity contribution in [3.63, 3.8) is 0 Å². The molecule has 0 atom stereocenters. The number of ketones is 1. The van der Waals surface area contributed by atoms with Crippen LogP contribution in [0.2, 0.25) is 0 Å². The van der Waals surface area contributed by atoms with E-state index in [4.69, 9.17) is 9.47 Å². The summed E-state index contributed by atoms with van der Waals surface area (Å²) in [5.74, 6) is 2.31. The molecular weight excluding hydrogens is 244 g/mol. The van der Waals surface area contributed by atoms with E-state index < -0.39 is 0 Å². The number of imidazole rings is 1. The predicted molar refractivity (Wildman–Crippen MR) is 68.7 cm³/mol. The molecule has 0 radical (unpaired) electrons. The molecule has 0 fully saturated rings. The highest BCUT2D eigenvalue weighted by Gasteiger charge is 2.21. The molecule has 5 nitrogen and oxygen atoms in total. The first-order valence-electron chi connectivity index (χ1n) is 6.14. The first kappa shape index (κ1) is 11.8. The van der Waals surface area contributed by atoms with Crippen molar-refractivity contribution in [3.8, 4) is 11.5 Å². The maximum atomic E-state index is 11.4. The van der Waals surface area contributed by atoms with Crippen LogP contribution in [0.15, 0.2) is 30.6 Å². The number of hydrogen-bond acceptors (Lipinski definition) is 4. The van der Waals surface area contributed by atoms with Gasteiger partial charge < -0.3 is 14.0 Å². The second-order valence-electron chi connectivity index (χ2n) is 4.39. The fourth-order valence-corrected chi connectivity index (χ4v) is 2.07. The molecule has 1 aliphatic heterocycles. The summed E-state index contributed by atoms with van der Waals surface area (Å²) in [7, 11) is 0. The van der Waals surface area contributed by atoms with Gasteiger partial charge in [0.2, 0.25) is 5.78 Å². The highest BCUT2D eigenvalue weighted by molar-refractivity contribution is 6.02. The molecule has 19 heavy (non-hydrogen) atoms. The highest BCUT2D eigenvalue weighted by Crippen LogP contribution is 2.29. The number of fused-ring (bicyclic) bond motifs is 1. The second-order valence-corrected chi connectivity index (χ2v) is 4.39. The van der Waals surface area contributed by atoms with E-state index in [0.29, 0.717) is 23.7 Å². The summed E-state index contributed by atoms with van der Waals surface area (Å²) >= 11 is 0. The van der Waals surface area contributed by atoms with Gasteiger partial charge in [0.1, 0.15) is 23.9 Å². The van der Waals surface area contributed by atoms with E-state index in [1.54, 1.807) is 24.4 Å². The quantitative estimate of drug-likeness (QED) is 0.839. The Bertz CT molecular complexity index is 619. The summed E-state index contributed by atoms with van der Waals surface area (Å²) in [6.45, 7) is 3.37. The summed E-state index contributed by atoms with van der Waals surface area (Å²) < 4.78 is 13.0. The van der Waals surface area contributed by atoms with Crippen LogP contribution in [0.5, 0.6) is 11.5 Å². The van der Waals surface area contributed by atoms with Gasteiger partial charge in [-0.2, -0.15) is 0 Å². The van der Waals surface area contributed by atoms with Crippen LogP contribution < -0.4 is 9.47 Å². The van der Waals surface area contributed by atoms with E-state index >= 15 is 0 Å². The average molecular weight is 258 g/mol. The minimum atomic E-state index is 0.0237. The molecule has 2 heterocycles. The van der Waals surface area contributed by atoms with Crippen LogP contribution >= 0.6 is 0 Å². The zero-order chi connectivity index (χ0) is 13.2. The Morgan fingerprint density at radius 2 is 2.37 bits per heavy atom. The van der Waals surface area contributed by atoms with Gasteiger partial charge in [-0.15, -0.1) is 0 Å². The van der Waals surface area contributed by atoms with Gasteiger partial charge in [0, 0.05) is 18.5 Å². The van der Waals surface area contributed by atoms with Crippen molar-refractivity contribution in [2.24, 2.45) is 0 Å². The molecule has 0 saturated heterocycles. The molecule has 1 aromatic heterocycles. The summed E-state index contributed by atoms with van der Waals surface area (Å²) in [5.41, 5.74) is 0.637. The van der Waals surface area contributed by atoms with Gasteiger partial charge in [-0.25, -0.2) is 4.98 Å². The van der Waals surface area contributed by atoms with Crippen molar-refractivity contribution in [1.29, 1.82) is 0 Å². The third-order valence-electron chi connectivity index (χ3n) is 3.14. The van der Waals surface area contributed by atoms with Crippen LogP contribution in [0.1, 0.15) is 16.2 Å². The van der Waals surface area contributed by atoms with Crippen LogP contribution in [0.3, 0.4) is 0 Å². The van der Waals surface area contributed by atoms with Crippen molar-refractivity contribution in [3.05, 3.63) is 42.0 Å². The maximum Gasteiger partial charge on any atom is 0.203 e. The second kappa shape index (κ2) is 4.76. The topological polar surface area (TPSA) is 53.4 Å². The van der Waals surface area contributed by atoms with Crippen molar-refractivity contribution in [2.75, 3.05) is 13.2 Å². The number of hydrogen-bond donors (Lipinski definition) is 0. The summed E-state index contributed by atoms with van der Waals surface area (Å²) in [6.07, 6.45) is 3.69. The molecule has 0 spiro atoms. The summed E-state index contributed by atoms with van der Waals surface area (Å²) in [6, 6.07) is 5.32. The normalized spacial score (nSPS) is 13.2. The lowest BCUT2D eigenvalue weighted by Gasteiger charge is -2.08. The molecule has 0 aliphatic carbocycles. The summed E-state index contributed by atoms with van der Waals surface area (Å²) in [5, 5.41) is 0. The first-order valence-corrected chi connectivity index (χ1v) is 6.14. The Hall–Kier alpha value is -2.30. The number of rotatable bonds is 4.